The Morgan fingerprint density at radius 2 is 2.21 bits per heavy atom. The Morgan fingerprint density at radius 1 is 1.47 bits per heavy atom. The number of carbonyl (C=O) groups excluding carboxylic acids is 1. The maximum Gasteiger partial charge on any atom is 0.308 e. The van der Waals surface area contributed by atoms with Crippen LogP contribution in [-0.2, 0) is 4.79 Å². The summed E-state index contributed by atoms with van der Waals surface area (Å²) in [5, 5.41) is 9.05. The minimum absolute atomic E-state index is 0.122. The number of furan rings is 1. The van der Waals surface area contributed by atoms with Gasteiger partial charge in [-0.25, -0.2) is 0 Å². The van der Waals surface area contributed by atoms with Crippen LogP contribution in [0.1, 0.15) is 48.7 Å². The number of carbonyl (C=O) groups is 2. The Bertz CT molecular complexity index is 478. The van der Waals surface area contributed by atoms with Crippen molar-refractivity contribution in [2.75, 3.05) is 13.1 Å². The molecule has 0 saturated carbocycles. The summed E-state index contributed by atoms with van der Waals surface area (Å²) in [5.74, 6) is -0.597. The van der Waals surface area contributed by atoms with Gasteiger partial charge in [0.05, 0.1) is 17.7 Å². The summed E-state index contributed by atoms with van der Waals surface area (Å²) in [7, 11) is 0. The fourth-order valence-corrected chi connectivity index (χ4v) is 2.48. The lowest BCUT2D eigenvalue weighted by Gasteiger charge is -2.30. The van der Waals surface area contributed by atoms with E-state index in [9.17, 15) is 9.59 Å². The van der Waals surface area contributed by atoms with Gasteiger partial charge in [-0.05, 0) is 18.9 Å². The number of carboxylic acid groups (broad SMARTS) is 1. The van der Waals surface area contributed by atoms with Crippen LogP contribution in [0.5, 0.6) is 0 Å². The second-order valence-electron chi connectivity index (χ2n) is 5.28. The number of amides is 1. The molecule has 1 fully saturated rings. The topological polar surface area (TPSA) is 70.8 Å². The summed E-state index contributed by atoms with van der Waals surface area (Å²) in [6.45, 7) is 4.83. The van der Waals surface area contributed by atoms with Crippen LogP contribution >= 0.6 is 0 Å². The number of hydrogen-bond acceptors (Lipinski definition) is 3. The van der Waals surface area contributed by atoms with Crippen molar-refractivity contribution in [1.82, 2.24) is 4.90 Å². The van der Waals surface area contributed by atoms with Crippen molar-refractivity contribution >= 4 is 11.9 Å². The Morgan fingerprint density at radius 3 is 2.84 bits per heavy atom. The van der Waals surface area contributed by atoms with Gasteiger partial charge in [-0.2, -0.15) is 0 Å². The van der Waals surface area contributed by atoms with Crippen LogP contribution in [0.4, 0.5) is 0 Å². The van der Waals surface area contributed by atoms with Crippen LogP contribution < -0.4 is 0 Å². The highest BCUT2D eigenvalue weighted by Gasteiger charge is 2.30. The van der Waals surface area contributed by atoms with Crippen molar-refractivity contribution in [3.05, 3.63) is 23.7 Å². The number of nitrogens with zero attached hydrogens (tertiary/aromatic N) is 1. The van der Waals surface area contributed by atoms with Crippen LogP contribution in [0, 0.1) is 5.92 Å². The van der Waals surface area contributed by atoms with Crippen LogP contribution in [0.3, 0.4) is 0 Å². The molecule has 1 aromatic heterocycles. The first-order valence-corrected chi connectivity index (χ1v) is 6.60. The number of carboxylic acids is 1. The van der Waals surface area contributed by atoms with Gasteiger partial charge < -0.3 is 14.4 Å². The second-order valence-corrected chi connectivity index (χ2v) is 5.28. The number of likely N-dealkylation sites (tertiary alicyclic amines) is 1. The lowest BCUT2D eigenvalue weighted by Crippen LogP contribution is -2.42. The highest BCUT2D eigenvalue weighted by atomic mass is 16.4. The number of rotatable bonds is 3. The lowest BCUT2D eigenvalue weighted by atomic mass is 9.97. The van der Waals surface area contributed by atoms with Crippen molar-refractivity contribution in [1.29, 1.82) is 0 Å². The average molecular weight is 265 g/mol. The molecule has 0 aliphatic carbocycles. The third-order valence-corrected chi connectivity index (χ3v) is 3.51. The van der Waals surface area contributed by atoms with Gasteiger partial charge in [-0.3, -0.25) is 9.59 Å². The molecule has 0 spiro atoms. The summed E-state index contributed by atoms with van der Waals surface area (Å²) in [6, 6.07) is 1.67. The van der Waals surface area contributed by atoms with E-state index in [2.05, 4.69) is 0 Å². The molecular weight excluding hydrogens is 246 g/mol. The van der Waals surface area contributed by atoms with Gasteiger partial charge in [0.1, 0.15) is 5.76 Å². The third kappa shape index (κ3) is 2.80. The monoisotopic (exact) mass is 265 g/mol. The molecule has 1 aromatic rings. The predicted octanol–water partition coefficient (Wildman–Crippen LogP) is 2.34. The Hall–Kier alpha value is -1.78. The number of piperidine rings is 1. The van der Waals surface area contributed by atoms with E-state index in [1.165, 1.54) is 6.26 Å². The van der Waals surface area contributed by atoms with Crippen molar-refractivity contribution in [2.45, 2.75) is 32.6 Å². The average Bonchev–Trinajstić information content (AvgIpc) is 2.87. The van der Waals surface area contributed by atoms with Crippen molar-refractivity contribution < 1.29 is 19.1 Å². The van der Waals surface area contributed by atoms with Crippen LogP contribution in [0.2, 0.25) is 0 Å². The molecule has 1 saturated heterocycles. The van der Waals surface area contributed by atoms with Crippen LogP contribution in [0.25, 0.3) is 0 Å². The third-order valence-electron chi connectivity index (χ3n) is 3.51. The Balaban J connectivity index is 2.15. The van der Waals surface area contributed by atoms with Gasteiger partial charge in [0.25, 0.3) is 5.91 Å². The van der Waals surface area contributed by atoms with Crippen molar-refractivity contribution in [2.24, 2.45) is 5.92 Å². The molecule has 1 N–H and O–H groups in total. The Labute approximate surface area is 112 Å². The molecule has 1 unspecified atom stereocenters. The first-order valence-electron chi connectivity index (χ1n) is 6.60. The maximum atomic E-state index is 12.4. The maximum absolute atomic E-state index is 12.4. The standard InChI is InChI=1S/C14H19NO4/c1-9(2)12-11(5-7-19-12)13(16)15-6-3-4-10(8-15)14(17)18/h5,7,9-10H,3-4,6,8H2,1-2H3,(H,17,18). The van der Waals surface area contributed by atoms with E-state index in [1.807, 2.05) is 13.8 Å². The predicted molar refractivity (Wildman–Crippen MR) is 69.1 cm³/mol. The zero-order chi connectivity index (χ0) is 14.0. The smallest absolute Gasteiger partial charge is 0.308 e. The van der Waals surface area contributed by atoms with Gasteiger partial charge in [-0.15, -0.1) is 0 Å². The molecule has 19 heavy (non-hydrogen) atoms. The summed E-state index contributed by atoms with van der Waals surface area (Å²) in [5.41, 5.74) is 0.557. The largest absolute Gasteiger partial charge is 0.481 e. The summed E-state index contributed by atoms with van der Waals surface area (Å²) in [4.78, 5) is 25.1. The van der Waals surface area contributed by atoms with Crippen LogP contribution in [0.15, 0.2) is 16.7 Å². The molecule has 0 aromatic carbocycles. The van der Waals surface area contributed by atoms with E-state index in [1.54, 1.807) is 11.0 Å². The fourth-order valence-electron chi connectivity index (χ4n) is 2.48. The number of aliphatic carboxylic acids is 1. The van der Waals surface area contributed by atoms with E-state index in [-0.39, 0.29) is 18.4 Å². The summed E-state index contributed by atoms with van der Waals surface area (Å²) < 4.78 is 5.35. The van der Waals surface area contributed by atoms with Gasteiger partial charge in [0, 0.05) is 19.0 Å². The van der Waals surface area contributed by atoms with Gasteiger partial charge in [0.15, 0.2) is 0 Å². The Kier molecular flexibility index (Phi) is 3.93. The zero-order valence-corrected chi connectivity index (χ0v) is 11.3. The highest BCUT2D eigenvalue weighted by molar-refractivity contribution is 5.95. The van der Waals surface area contributed by atoms with Crippen LogP contribution in [-0.4, -0.2) is 35.0 Å². The molecule has 0 radical (unpaired) electrons. The number of hydrogen-bond donors (Lipinski definition) is 1. The van der Waals surface area contributed by atoms with Gasteiger partial charge >= 0.3 is 5.97 Å². The molecule has 5 heteroatoms. The zero-order valence-electron chi connectivity index (χ0n) is 11.3. The quantitative estimate of drug-likeness (QED) is 0.910. The molecule has 1 atom stereocenters. The molecule has 2 heterocycles. The fraction of sp³-hybridized carbons (Fsp3) is 0.571. The molecule has 2 rings (SSSR count). The summed E-state index contributed by atoms with van der Waals surface area (Å²) in [6.07, 6.45) is 2.89. The van der Waals surface area contributed by atoms with Crippen molar-refractivity contribution in [3.8, 4) is 0 Å². The molecule has 104 valence electrons. The molecule has 1 amide bonds. The van der Waals surface area contributed by atoms with E-state index < -0.39 is 11.9 Å². The van der Waals surface area contributed by atoms with E-state index in [0.717, 1.165) is 6.42 Å². The first-order chi connectivity index (χ1) is 9.00. The van der Waals surface area contributed by atoms with E-state index >= 15 is 0 Å². The van der Waals surface area contributed by atoms with Gasteiger partial charge in [0.2, 0.25) is 0 Å². The minimum atomic E-state index is -0.825. The molecule has 1 aliphatic rings. The highest BCUT2D eigenvalue weighted by Crippen LogP contribution is 2.24. The molecule has 5 nitrogen and oxygen atoms in total. The first kappa shape index (κ1) is 13.6. The molecular formula is C14H19NO4. The molecule has 0 bridgehead atoms. The van der Waals surface area contributed by atoms with E-state index in [0.29, 0.717) is 24.3 Å². The van der Waals surface area contributed by atoms with E-state index in [4.69, 9.17) is 9.52 Å². The normalized spacial score (nSPS) is 19.7. The lowest BCUT2D eigenvalue weighted by molar-refractivity contribution is -0.143. The minimum Gasteiger partial charge on any atom is -0.481 e. The van der Waals surface area contributed by atoms with Crippen molar-refractivity contribution in [3.63, 3.8) is 0 Å². The molecule has 1 aliphatic heterocycles. The SMILES string of the molecule is CC(C)c1occc1C(=O)N1CCCC(C(=O)O)C1. The summed E-state index contributed by atoms with van der Waals surface area (Å²) >= 11 is 0. The van der Waals surface area contributed by atoms with Gasteiger partial charge in [-0.1, -0.05) is 13.8 Å². The second kappa shape index (κ2) is 5.47.